The molecular weight excluding hydrogens is 298 g/mol. The van der Waals surface area contributed by atoms with Crippen molar-refractivity contribution < 1.29 is 0 Å². The Hall–Kier alpha value is -1.96. The van der Waals surface area contributed by atoms with E-state index in [1.54, 1.807) is 6.20 Å². The number of rotatable bonds is 3. The molecule has 3 rings (SSSR count). The third-order valence-electron chi connectivity index (χ3n) is 2.54. The molecule has 3 aromatic rings. The summed E-state index contributed by atoms with van der Waals surface area (Å²) in [6.07, 6.45) is 6.93. The number of H-pyrrole nitrogens is 1. The molecule has 0 aliphatic carbocycles. The highest BCUT2D eigenvalue weighted by molar-refractivity contribution is 9.10. The van der Waals surface area contributed by atoms with Crippen molar-refractivity contribution in [2.24, 2.45) is 0 Å². The van der Waals surface area contributed by atoms with Crippen molar-refractivity contribution in [1.82, 2.24) is 29.5 Å². The monoisotopic (exact) mass is 307 g/mol. The van der Waals surface area contributed by atoms with Gasteiger partial charge in [-0.3, -0.25) is 5.10 Å². The maximum absolute atomic E-state index is 4.38. The Morgan fingerprint density at radius 1 is 1.44 bits per heavy atom. The zero-order valence-electron chi connectivity index (χ0n) is 9.50. The maximum atomic E-state index is 4.38. The van der Waals surface area contributed by atoms with Gasteiger partial charge in [0.25, 0.3) is 0 Å². The molecule has 1 unspecified atom stereocenters. The number of aromatic amines is 1. The van der Waals surface area contributed by atoms with Gasteiger partial charge in [-0.1, -0.05) is 0 Å². The number of aromatic nitrogens is 6. The Kier molecular flexibility index (Phi) is 2.71. The van der Waals surface area contributed by atoms with Crippen LogP contribution in [0.15, 0.2) is 29.5 Å². The van der Waals surface area contributed by atoms with Crippen LogP contribution in [0.4, 0.5) is 5.82 Å². The van der Waals surface area contributed by atoms with Crippen LogP contribution in [0.5, 0.6) is 0 Å². The molecule has 0 aliphatic rings. The van der Waals surface area contributed by atoms with Gasteiger partial charge < -0.3 is 9.72 Å². The third-order valence-corrected chi connectivity index (χ3v) is 2.92. The number of nitrogens with one attached hydrogen (secondary N) is 2. The fourth-order valence-electron chi connectivity index (χ4n) is 1.69. The van der Waals surface area contributed by atoms with E-state index in [9.17, 15) is 0 Å². The van der Waals surface area contributed by atoms with E-state index in [1.165, 1.54) is 6.33 Å². The van der Waals surface area contributed by atoms with Gasteiger partial charge in [-0.15, -0.1) is 0 Å². The molecule has 7 nitrogen and oxygen atoms in total. The first-order valence-corrected chi connectivity index (χ1v) is 6.14. The first kappa shape index (κ1) is 11.1. The lowest BCUT2D eigenvalue weighted by Gasteiger charge is -2.12. The molecule has 18 heavy (non-hydrogen) atoms. The lowest BCUT2D eigenvalue weighted by molar-refractivity contribution is 0.789. The predicted octanol–water partition coefficient (Wildman–Crippen LogP) is 1.78. The number of imidazole rings is 1. The average molecular weight is 308 g/mol. The van der Waals surface area contributed by atoms with E-state index in [-0.39, 0.29) is 6.04 Å². The van der Waals surface area contributed by atoms with Crippen molar-refractivity contribution >= 4 is 27.4 Å². The van der Waals surface area contributed by atoms with E-state index >= 15 is 0 Å². The summed E-state index contributed by atoms with van der Waals surface area (Å²) in [5, 5.41) is 9.91. The highest BCUT2D eigenvalue weighted by atomic mass is 79.9. The molecule has 0 aromatic carbocycles. The summed E-state index contributed by atoms with van der Waals surface area (Å²) in [4.78, 5) is 12.8. The van der Waals surface area contributed by atoms with Crippen LogP contribution < -0.4 is 5.32 Å². The zero-order chi connectivity index (χ0) is 12.5. The maximum Gasteiger partial charge on any atom is 0.180 e. The van der Waals surface area contributed by atoms with Gasteiger partial charge in [-0.2, -0.15) is 5.10 Å². The van der Waals surface area contributed by atoms with Crippen LogP contribution in [0.25, 0.3) is 5.65 Å². The molecule has 3 aromatic heterocycles. The van der Waals surface area contributed by atoms with E-state index in [2.05, 4.69) is 46.4 Å². The average Bonchev–Trinajstić information content (AvgIpc) is 2.98. The number of fused-ring (bicyclic) bond motifs is 1. The fraction of sp³-hybridized carbons (Fsp3) is 0.200. The SMILES string of the molecule is CC(Nc1nc(Br)cn2ccnc12)c1ncn[nH]1. The Morgan fingerprint density at radius 3 is 3.11 bits per heavy atom. The lowest BCUT2D eigenvalue weighted by atomic mass is 10.3. The molecule has 0 saturated heterocycles. The number of nitrogens with zero attached hydrogens (tertiary/aromatic N) is 5. The highest BCUT2D eigenvalue weighted by Crippen LogP contribution is 2.20. The predicted molar refractivity (Wildman–Crippen MR) is 69.1 cm³/mol. The molecular formula is C10H10BrN7. The smallest absolute Gasteiger partial charge is 0.180 e. The van der Waals surface area contributed by atoms with Gasteiger partial charge in [-0.25, -0.2) is 15.0 Å². The molecule has 0 radical (unpaired) electrons. The van der Waals surface area contributed by atoms with Crippen LogP contribution in [0.1, 0.15) is 18.8 Å². The Bertz CT molecular complexity index is 660. The molecule has 0 spiro atoms. The number of hydrogen-bond acceptors (Lipinski definition) is 5. The molecule has 2 N–H and O–H groups in total. The molecule has 0 aliphatic heterocycles. The Labute approximate surface area is 111 Å². The van der Waals surface area contributed by atoms with E-state index in [0.29, 0.717) is 5.82 Å². The van der Waals surface area contributed by atoms with Crippen molar-refractivity contribution in [1.29, 1.82) is 0 Å². The van der Waals surface area contributed by atoms with Crippen molar-refractivity contribution in [2.45, 2.75) is 13.0 Å². The van der Waals surface area contributed by atoms with Gasteiger partial charge in [0.15, 0.2) is 11.5 Å². The van der Waals surface area contributed by atoms with Crippen molar-refractivity contribution in [3.8, 4) is 0 Å². The summed E-state index contributed by atoms with van der Waals surface area (Å²) in [7, 11) is 0. The summed E-state index contributed by atoms with van der Waals surface area (Å²) in [5.41, 5.74) is 0.768. The molecule has 0 bridgehead atoms. The van der Waals surface area contributed by atoms with Gasteiger partial charge in [0.1, 0.15) is 16.8 Å². The number of halogens is 1. The Balaban J connectivity index is 1.97. The van der Waals surface area contributed by atoms with E-state index in [4.69, 9.17) is 0 Å². The molecule has 1 atom stereocenters. The molecule has 0 saturated carbocycles. The van der Waals surface area contributed by atoms with E-state index in [1.807, 2.05) is 23.7 Å². The summed E-state index contributed by atoms with van der Waals surface area (Å²) >= 11 is 3.37. The van der Waals surface area contributed by atoms with Gasteiger partial charge in [-0.05, 0) is 22.9 Å². The fourth-order valence-corrected chi connectivity index (χ4v) is 2.09. The standard InChI is InChI=1S/C10H10BrN7/c1-6(8-13-5-14-17-8)15-9-10-12-2-3-18(10)4-7(11)16-9/h2-6H,1H3,(H,15,16)(H,13,14,17). The van der Waals surface area contributed by atoms with Gasteiger partial charge in [0, 0.05) is 18.6 Å². The Morgan fingerprint density at radius 2 is 2.33 bits per heavy atom. The van der Waals surface area contributed by atoms with Crippen molar-refractivity contribution in [2.75, 3.05) is 5.32 Å². The molecule has 0 fully saturated rings. The van der Waals surface area contributed by atoms with Crippen LogP contribution in [-0.4, -0.2) is 29.5 Å². The summed E-state index contributed by atoms with van der Waals surface area (Å²) in [6.45, 7) is 1.97. The van der Waals surface area contributed by atoms with Crippen molar-refractivity contribution in [3.05, 3.63) is 35.3 Å². The first-order valence-electron chi connectivity index (χ1n) is 5.35. The molecule has 3 heterocycles. The normalized spacial score (nSPS) is 12.8. The topological polar surface area (TPSA) is 83.8 Å². The number of anilines is 1. The van der Waals surface area contributed by atoms with Crippen LogP contribution in [0.3, 0.4) is 0 Å². The minimum Gasteiger partial charge on any atom is -0.357 e. The summed E-state index contributed by atoms with van der Waals surface area (Å²) in [5.74, 6) is 1.44. The minimum absolute atomic E-state index is 0.0326. The van der Waals surface area contributed by atoms with Crippen LogP contribution >= 0.6 is 15.9 Å². The van der Waals surface area contributed by atoms with Crippen molar-refractivity contribution in [3.63, 3.8) is 0 Å². The van der Waals surface area contributed by atoms with Crippen LogP contribution in [0, 0.1) is 0 Å². The molecule has 0 amide bonds. The molecule has 8 heteroatoms. The summed E-state index contributed by atoms with van der Waals surface area (Å²) < 4.78 is 2.63. The van der Waals surface area contributed by atoms with Crippen LogP contribution in [-0.2, 0) is 0 Å². The second kappa shape index (κ2) is 4.37. The van der Waals surface area contributed by atoms with Gasteiger partial charge in [0.05, 0.1) is 6.04 Å². The van der Waals surface area contributed by atoms with Gasteiger partial charge >= 0.3 is 0 Å². The number of hydrogen-bond donors (Lipinski definition) is 2. The quantitative estimate of drug-likeness (QED) is 0.770. The van der Waals surface area contributed by atoms with E-state index in [0.717, 1.165) is 16.1 Å². The second-order valence-corrected chi connectivity index (χ2v) is 4.62. The minimum atomic E-state index is -0.0326. The van der Waals surface area contributed by atoms with Crippen LogP contribution in [0.2, 0.25) is 0 Å². The van der Waals surface area contributed by atoms with Gasteiger partial charge in [0.2, 0.25) is 0 Å². The lowest BCUT2D eigenvalue weighted by Crippen LogP contribution is -2.11. The first-order chi connectivity index (χ1) is 8.74. The second-order valence-electron chi connectivity index (χ2n) is 3.81. The highest BCUT2D eigenvalue weighted by Gasteiger charge is 2.12. The third kappa shape index (κ3) is 1.94. The summed E-state index contributed by atoms with van der Waals surface area (Å²) in [6, 6.07) is -0.0326. The zero-order valence-corrected chi connectivity index (χ0v) is 11.1. The largest absolute Gasteiger partial charge is 0.357 e. The van der Waals surface area contributed by atoms with E-state index < -0.39 is 0 Å². The molecule has 92 valence electrons.